The summed E-state index contributed by atoms with van der Waals surface area (Å²) in [5.74, 6) is 0.489. The molecule has 0 saturated carbocycles. The van der Waals surface area contributed by atoms with Gasteiger partial charge in [0.1, 0.15) is 0 Å². The molecule has 2 atom stereocenters. The van der Waals surface area contributed by atoms with Gasteiger partial charge in [0, 0.05) is 36.6 Å². The highest BCUT2D eigenvalue weighted by molar-refractivity contribution is 9.09. The topological polar surface area (TPSA) is 44.8 Å². The molecule has 0 radical (unpaired) electrons. The van der Waals surface area contributed by atoms with Gasteiger partial charge in [-0.2, -0.15) is 0 Å². The molecule has 0 aromatic carbocycles. The van der Waals surface area contributed by atoms with Crippen LogP contribution in [-0.4, -0.2) is 49.7 Å². The molecule has 1 rings (SSSR count). The van der Waals surface area contributed by atoms with E-state index in [-0.39, 0.29) is 16.7 Å². The van der Waals surface area contributed by atoms with Crippen molar-refractivity contribution in [2.45, 2.75) is 64.3 Å². The number of Topliss-reactive ketones (excluding diaryl/α,β-unsaturated/α-hetero) is 1. The van der Waals surface area contributed by atoms with Crippen molar-refractivity contribution in [3.05, 3.63) is 23.3 Å². The van der Waals surface area contributed by atoms with Gasteiger partial charge >= 0.3 is 0 Å². The maximum atomic E-state index is 12.7. The SMILES string of the molecule is CCOCCCCCOC/C=C1/COC(C(C)C)CC(=O)/C1=C/C(C)Br. The molecule has 1 saturated heterocycles. The Bertz CT molecular complexity index is 469. The first-order valence-electron chi connectivity index (χ1n) is 9.81. The third-order valence-electron chi connectivity index (χ3n) is 4.35. The molecule has 1 fully saturated rings. The van der Waals surface area contributed by atoms with Crippen LogP contribution in [0.4, 0.5) is 0 Å². The Morgan fingerprint density at radius 3 is 2.50 bits per heavy atom. The van der Waals surface area contributed by atoms with Crippen LogP contribution in [0.5, 0.6) is 0 Å². The van der Waals surface area contributed by atoms with Gasteiger partial charge in [-0.05, 0) is 44.6 Å². The van der Waals surface area contributed by atoms with Crippen molar-refractivity contribution in [2.75, 3.05) is 33.0 Å². The Morgan fingerprint density at radius 2 is 1.88 bits per heavy atom. The molecule has 150 valence electrons. The Morgan fingerprint density at radius 1 is 1.19 bits per heavy atom. The minimum atomic E-state index is -0.0197. The van der Waals surface area contributed by atoms with Crippen LogP contribution in [0.1, 0.15) is 53.4 Å². The standard InChI is InChI=1S/C21H35BrO4/c1-5-24-10-7-6-8-11-25-12-9-18-15-26-21(16(2)3)14-20(23)19(18)13-17(4)22/h9,13,16-17,21H,5-8,10-12,14-15H2,1-4H3/b18-9-,19-13+. The van der Waals surface area contributed by atoms with Crippen LogP contribution in [0, 0.1) is 5.92 Å². The molecular formula is C21H35BrO4. The molecule has 1 aliphatic heterocycles. The first-order chi connectivity index (χ1) is 12.5. The summed E-state index contributed by atoms with van der Waals surface area (Å²) in [4.78, 5) is 12.8. The highest BCUT2D eigenvalue weighted by Crippen LogP contribution is 2.25. The predicted molar refractivity (Wildman–Crippen MR) is 110 cm³/mol. The molecule has 0 spiro atoms. The fourth-order valence-corrected chi connectivity index (χ4v) is 3.07. The molecule has 1 heterocycles. The second-order valence-corrected chi connectivity index (χ2v) is 8.48. The summed E-state index contributed by atoms with van der Waals surface area (Å²) >= 11 is 3.52. The highest BCUT2D eigenvalue weighted by Gasteiger charge is 2.27. The molecule has 5 heteroatoms. The minimum Gasteiger partial charge on any atom is -0.382 e. The molecule has 1 aliphatic rings. The van der Waals surface area contributed by atoms with Gasteiger partial charge in [0.05, 0.1) is 19.3 Å². The maximum Gasteiger partial charge on any atom is 0.165 e. The normalized spacial score (nSPS) is 23.0. The zero-order valence-corrected chi connectivity index (χ0v) is 18.3. The van der Waals surface area contributed by atoms with Gasteiger partial charge in [-0.15, -0.1) is 0 Å². The molecule has 0 aromatic heterocycles. The number of carbonyl (C=O) groups excluding carboxylic acids is 1. The fraction of sp³-hybridized carbons (Fsp3) is 0.762. The van der Waals surface area contributed by atoms with Gasteiger partial charge in [-0.1, -0.05) is 41.9 Å². The van der Waals surface area contributed by atoms with E-state index in [1.54, 1.807) is 0 Å². The van der Waals surface area contributed by atoms with Gasteiger partial charge in [0.15, 0.2) is 5.78 Å². The van der Waals surface area contributed by atoms with Crippen molar-refractivity contribution in [1.29, 1.82) is 0 Å². The molecule has 0 bridgehead atoms. The first-order valence-corrected chi connectivity index (χ1v) is 10.7. The van der Waals surface area contributed by atoms with Crippen molar-refractivity contribution >= 4 is 21.7 Å². The third kappa shape index (κ3) is 9.45. The van der Waals surface area contributed by atoms with Crippen LogP contribution in [0.2, 0.25) is 0 Å². The number of rotatable bonds is 11. The smallest absolute Gasteiger partial charge is 0.165 e. The molecule has 0 aromatic rings. The lowest BCUT2D eigenvalue weighted by atomic mass is 9.95. The van der Waals surface area contributed by atoms with Gasteiger partial charge in [0.25, 0.3) is 0 Å². The van der Waals surface area contributed by atoms with E-state index >= 15 is 0 Å². The largest absolute Gasteiger partial charge is 0.382 e. The molecule has 26 heavy (non-hydrogen) atoms. The predicted octanol–water partition coefficient (Wildman–Crippen LogP) is 4.86. The van der Waals surface area contributed by atoms with Gasteiger partial charge in [0.2, 0.25) is 0 Å². The van der Waals surface area contributed by atoms with Crippen molar-refractivity contribution in [1.82, 2.24) is 0 Å². The Labute approximate surface area is 167 Å². The van der Waals surface area contributed by atoms with Crippen molar-refractivity contribution in [2.24, 2.45) is 5.92 Å². The number of alkyl halides is 1. The molecule has 4 nitrogen and oxygen atoms in total. The van der Waals surface area contributed by atoms with Gasteiger partial charge < -0.3 is 14.2 Å². The van der Waals surface area contributed by atoms with Gasteiger partial charge in [-0.25, -0.2) is 0 Å². The molecule has 0 amide bonds. The van der Waals surface area contributed by atoms with E-state index in [4.69, 9.17) is 14.2 Å². The average molecular weight is 431 g/mol. The summed E-state index contributed by atoms with van der Waals surface area (Å²) in [5, 5.41) is 0. The third-order valence-corrected chi connectivity index (χ3v) is 4.62. The molecule has 0 aliphatic carbocycles. The van der Waals surface area contributed by atoms with Crippen LogP contribution in [0.25, 0.3) is 0 Å². The Hall–Kier alpha value is -0.490. The number of halogens is 1. The summed E-state index contributed by atoms with van der Waals surface area (Å²) < 4.78 is 17.0. The van der Waals surface area contributed by atoms with Crippen LogP contribution in [0.15, 0.2) is 23.3 Å². The summed E-state index contributed by atoms with van der Waals surface area (Å²) in [6, 6.07) is 0. The van der Waals surface area contributed by atoms with Crippen LogP contribution in [-0.2, 0) is 19.0 Å². The van der Waals surface area contributed by atoms with Crippen molar-refractivity contribution in [3.63, 3.8) is 0 Å². The summed E-state index contributed by atoms with van der Waals surface area (Å²) in [5.41, 5.74) is 1.72. The van der Waals surface area contributed by atoms with Crippen LogP contribution < -0.4 is 0 Å². The molecular weight excluding hydrogens is 396 g/mol. The molecule has 2 unspecified atom stereocenters. The van der Waals surface area contributed by atoms with Crippen molar-refractivity contribution < 1.29 is 19.0 Å². The fourth-order valence-electron chi connectivity index (χ4n) is 2.80. The quantitative estimate of drug-likeness (QED) is 0.266. The number of ether oxygens (including phenoxy) is 3. The second kappa shape index (κ2) is 13.6. The van der Waals surface area contributed by atoms with Crippen LogP contribution in [0.3, 0.4) is 0 Å². The Balaban J connectivity index is 2.54. The van der Waals surface area contributed by atoms with Gasteiger partial charge in [-0.3, -0.25) is 4.79 Å². The maximum absolute atomic E-state index is 12.7. The summed E-state index contributed by atoms with van der Waals surface area (Å²) in [7, 11) is 0. The first kappa shape index (κ1) is 23.5. The minimum absolute atomic E-state index is 0.0197. The van der Waals surface area contributed by atoms with Crippen LogP contribution >= 0.6 is 15.9 Å². The van der Waals surface area contributed by atoms with E-state index in [1.807, 2.05) is 26.0 Å². The number of hydrogen-bond acceptors (Lipinski definition) is 4. The average Bonchev–Trinajstić information content (AvgIpc) is 2.73. The lowest BCUT2D eigenvalue weighted by molar-refractivity contribution is -0.117. The second-order valence-electron chi connectivity index (χ2n) is 7.04. The number of allylic oxidation sites excluding steroid dienone is 1. The van der Waals surface area contributed by atoms with E-state index in [0.29, 0.717) is 25.6 Å². The lowest BCUT2D eigenvalue weighted by Crippen LogP contribution is -2.21. The number of ketones is 1. The monoisotopic (exact) mass is 430 g/mol. The zero-order valence-electron chi connectivity index (χ0n) is 16.8. The highest BCUT2D eigenvalue weighted by atomic mass is 79.9. The zero-order chi connectivity index (χ0) is 19.4. The summed E-state index contributed by atoms with van der Waals surface area (Å²) in [6.07, 6.45) is 7.63. The number of unbranched alkanes of at least 4 members (excludes halogenated alkanes) is 2. The molecule has 0 N–H and O–H groups in total. The van der Waals surface area contributed by atoms with E-state index in [2.05, 4.69) is 29.8 Å². The van der Waals surface area contributed by atoms with E-state index in [0.717, 1.165) is 50.2 Å². The van der Waals surface area contributed by atoms with E-state index < -0.39 is 0 Å². The van der Waals surface area contributed by atoms with Crippen molar-refractivity contribution in [3.8, 4) is 0 Å². The lowest BCUT2D eigenvalue weighted by Gasteiger charge is -2.17. The Kier molecular flexibility index (Phi) is 12.4. The number of hydrogen-bond donors (Lipinski definition) is 0. The van der Waals surface area contributed by atoms with E-state index in [1.165, 1.54) is 0 Å². The van der Waals surface area contributed by atoms with E-state index in [9.17, 15) is 4.79 Å². The number of carbonyl (C=O) groups is 1. The summed E-state index contributed by atoms with van der Waals surface area (Å²) in [6.45, 7) is 11.5.